The molecular formula is C29H21Cl3FN5O4S2. The fourth-order valence-corrected chi connectivity index (χ4v) is 6.61. The highest BCUT2D eigenvalue weighted by atomic mass is 35.5. The second kappa shape index (κ2) is 13.4. The van der Waals surface area contributed by atoms with Crippen LogP contribution in [-0.4, -0.2) is 35.5 Å². The van der Waals surface area contributed by atoms with Crippen molar-refractivity contribution in [3.63, 3.8) is 0 Å². The molecule has 2 amide bonds. The second-order valence-corrected chi connectivity index (χ2v) is 12.9. The number of anilines is 1. The van der Waals surface area contributed by atoms with E-state index in [0.717, 1.165) is 11.7 Å². The van der Waals surface area contributed by atoms with E-state index in [1.165, 1.54) is 54.6 Å². The van der Waals surface area contributed by atoms with Gasteiger partial charge < -0.3 is 10.6 Å². The first kappa shape index (κ1) is 31.6. The first-order valence-corrected chi connectivity index (χ1v) is 16.2. The van der Waals surface area contributed by atoms with Crippen LogP contribution in [0.25, 0.3) is 11.0 Å². The van der Waals surface area contributed by atoms with Crippen LogP contribution in [0.3, 0.4) is 0 Å². The van der Waals surface area contributed by atoms with Crippen molar-refractivity contribution < 1.29 is 22.4 Å². The van der Waals surface area contributed by atoms with Crippen LogP contribution in [0.4, 0.5) is 10.1 Å². The number of nitrogens with zero attached hydrogens (tertiary/aromatic N) is 2. The van der Waals surface area contributed by atoms with Crippen molar-refractivity contribution in [2.75, 3.05) is 11.3 Å². The zero-order valence-electron chi connectivity index (χ0n) is 22.4. The van der Waals surface area contributed by atoms with Gasteiger partial charge in [0.05, 0.1) is 38.9 Å². The van der Waals surface area contributed by atoms with Gasteiger partial charge in [-0.15, -0.1) is 0 Å². The SMILES string of the molecule is O=C(NC[C@@H](C(=O)NCc1ccc(F)cc1)c1ccc(Cl)c(Cl)c1)c1ccc(Cl)cc1NS(=O)(=O)c1cccc2nsnc12. The number of halogens is 4. The highest BCUT2D eigenvalue weighted by molar-refractivity contribution is 7.93. The molecule has 15 heteroatoms. The van der Waals surface area contributed by atoms with Gasteiger partial charge in [-0.2, -0.15) is 8.75 Å². The Hall–Kier alpha value is -3.81. The van der Waals surface area contributed by atoms with Gasteiger partial charge in [0.1, 0.15) is 21.7 Å². The molecule has 0 bridgehead atoms. The third-order valence-corrected chi connectivity index (χ3v) is 9.43. The zero-order valence-corrected chi connectivity index (χ0v) is 26.3. The van der Waals surface area contributed by atoms with Crippen molar-refractivity contribution in [2.45, 2.75) is 17.4 Å². The number of sulfonamides is 1. The zero-order chi connectivity index (χ0) is 31.4. The van der Waals surface area contributed by atoms with Gasteiger partial charge in [0.25, 0.3) is 15.9 Å². The Kier molecular flexibility index (Phi) is 9.66. The van der Waals surface area contributed by atoms with E-state index in [1.807, 2.05) is 0 Å². The molecule has 1 atom stereocenters. The van der Waals surface area contributed by atoms with Crippen molar-refractivity contribution in [2.24, 2.45) is 0 Å². The van der Waals surface area contributed by atoms with E-state index in [4.69, 9.17) is 34.8 Å². The van der Waals surface area contributed by atoms with Crippen molar-refractivity contribution in [3.8, 4) is 0 Å². The summed E-state index contributed by atoms with van der Waals surface area (Å²) in [7, 11) is -4.21. The van der Waals surface area contributed by atoms with Gasteiger partial charge in [-0.3, -0.25) is 14.3 Å². The lowest BCUT2D eigenvalue weighted by Gasteiger charge is -2.19. The fraction of sp³-hybridized carbons (Fsp3) is 0.103. The number of fused-ring (bicyclic) bond motifs is 1. The van der Waals surface area contributed by atoms with Crippen LogP contribution in [0, 0.1) is 5.82 Å². The van der Waals surface area contributed by atoms with Crippen LogP contribution in [0.15, 0.2) is 83.8 Å². The second-order valence-electron chi connectivity index (χ2n) is 9.46. The third kappa shape index (κ3) is 7.28. The minimum absolute atomic E-state index is 0.0406. The minimum Gasteiger partial charge on any atom is -0.351 e. The summed E-state index contributed by atoms with van der Waals surface area (Å²) >= 11 is 19.3. The predicted octanol–water partition coefficient (Wildman–Crippen LogP) is 6.42. The lowest BCUT2D eigenvalue weighted by atomic mass is 9.97. The van der Waals surface area contributed by atoms with E-state index in [1.54, 1.807) is 24.3 Å². The number of hydrogen-bond donors (Lipinski definition) is 3. The van der Waals surface area contributed by atoms with E-state index in [-0.39, 0.29) is 49.8 Å². The summed E-state index contributed by atoms with van der Waals surface area (Å²) in [5.41, 5.74) is 1.61. The van der Waals surface area contributed by atoms with Crippen LogP contribution in [0.5, 0.6) is 0 Å². The summed E-state index contributed by atoms with van der Waals surface area (Å²) in [6.07, 6.45) is 0. The maximum Gasteiger partial charge on any atom is 0.264 e. The van der Waals surface area contributed by atoms with Crippen LogP contribution in [0.2, 0.25) is 15.1 Å². The number of carbonyl (C=O) groups is 2. The summed E-state index contributed by atoms with van der Waals surface area (Å²) in [6, 6.07) is 19.0. The van der Waals surface area contributed by atoms with Gasteiger partial charge in [0.15, 0.2) is 0 Å². The number of carbonyl (C=O) groups excluding carboxylic acids is 2. The molecule has 44 heavy (non-hydrogen) atoms. The van der Waals surface area contributed by atoms with Gasteiger partial charge in [0, 0.05) is 18.1 Å². The normalized spacial score (nSPS) is 12.1. The molecule has 0 aliphatic carbocycles. The van der Waals surface area contributed by atoms with E-state index in [0.29, 0.717) is 16.6 Å². The Bertz CT molecular complexity index is 1970. The molecule has 0 spiro atoms. The van der Waals surface area contributed by atoms with Gasteiger partial charge in [-0.25, -0.2) is 12.8 Å². The molecule has 0 radical (unpaired) electrons. The van der Waals surface area contributed by atoms with Crippen molar-refractivity contribution >= 4 is 85.1 Å². The molecular weight excluding hydrogens is 672 g/mol. The molecule has 1 aromatic heterocycles. The Morgan fingerprint density at radius 1 is 0.886 bits per heavy atom. The summed E-state index contributed by atoms with van der Waals surface area (Å²) in [5, 5.41) is 6.17. The average molecular weight is 693 g/mol. The molecule has 0 saturated heterocycles. The number of rotatable bonds is 10. The first-order valence-electron chi connectivity index (χ1n) is 12.8. The largest absolute Gasteiger partial charge is 0.351 e. The molecule has 3 N–H and O–H groups in total. The van der Waals surface area contributed by atoms with Crippen molar-refractivity contribution in [3.05, 3.63) is 116 Å². The smallest absolute Gasteiger partial charge is 0.264 e. The van der Waals surface area contributed by atoms with Crippen LogP contribution in [0.1, 0.15) is 27.4 Å². The molecule has 226 valence electrons. The maximum atomic E-state index is 13.4. The molecule has 0 fully saturated rings. The first-order chi connectivity index (χ1) is 21.0. The van der Waals surface area contributed by atoms with Crippen molar-refractivity contribution in [1.82, 2.24) is 19.4 Å². The Balaban J connectivity index is 1.38. The molecule has 0 aliphatic rings. The Morgan fingerprint density at radius 3 is 2.41 bits per heavy atom. The average Bonchev–Trinajstić information content (AvgIpc) is 3.47. The lowest BCUT2D eigenvalue weighted by Crippen LogP contribution is -2.37. The van der Waals surface area contributed by atoms with Gasteiger partial charge in [0.2, 0.25) is 5.91 Å². The number of aromatic nitrogens is 2. The lowest BCUT2D eigenvalue weighted by molar-refractivity contribution is -0.122. The molecule has 0 unspecified atom stereocenters. The van der Waals surface area contributed by atoms with Gasteiger partial charge >= 0.3 is 0 Å². The Morgan fingerprint density at radius 2 is 1.66 bits per heavy atom. The molecule has 4 aromatic carbocycles. The minimum atomic E-state index is -4.21. The summed E-state index contributed by atoms with van der Waals surface area (Å²) < 4.78 is 50.6. The molecule has 1 heterocycles. The number of hydrogen-bond acceptors (Lipinski definition) is 7. The van der Waals surface area contributed by atoms with Crippen molar-refractivity contribution in [1.29, 1.82) is 0 Å². The molecule has 5 aromatic rings. The standard InChI is InChI=1S/C29H21Cl3FN5O4S2/c30-18-7-10-20(25(13-18)38-44(41,42)26-3-1-2-24-27(26)37-43-36-24)28(39)35-15-21(17-6-11-22(31)23(32)12-17)29(40)34-14-16-4-8-19(33)9-5-16/h1-13,21,38H,14-15H2,(H,34,40)(H,35,39)/t21-/m1/s1. The molecule has 0 aliphatic heterocycles. The number of nitrogens with one attached hydrogen (secondary N) is 3. The summed E-state index contributed by atoms with van der Waals surface area (Å²) in [5.74, 6) is -2.45. The topological polar surface area (TPSA) is 130 Å². The Labute approximate surface area is 270 Å². The fourth-order valence-electron chi connectivity index (χ4n) is 4.29. The van der Waals surface area contributed by atoms with E-state index >= 15 is 0 Å². The maximum absolute atomic E-state index is 13.4. The van der Waals surface area contributed by atoms with E-state index < -0.39 is 33.6 Å². The third-order valence-electron chi connectivity index (χ3n) is 6.52. The highest BCUT2D eigenvalue weighted by Crippen LogP contribution is 2.29. The van der Waals surface area contributed by atoms with Gasteiger partial charge in [-0.05, 0) is 65.7 Å². The highest BCUT2D eigenvalue weighted by Gasteiger charge is 2.25. The monoisotopic (exact) mass is 691 g/mol. The predicted molar refractivity (Wildman–Crippen MR) is 169 cm³/mol. The molecule has 5 rings (SSSR count). The van der Waals surface area contributed by atoms with Crippen LogP contribution in [-0.2, 0) is 21.4 Å². The summed E-state index contributed by atoms with van der Waals surface area (Å²) in [6.45, 7) is -0.0834. The summed E-state index contributed by atoms with van der Waals surface area (Å²) in [4.78, 5) is 26.7. The van der Waals surface area contributed by atoms with Crippen LogP contribution >= 0.6 is 46.5 Å². The van der Waals surface area contributed by atoms with E-state index in [2.05, 4.69) is 24.1 Å². The van der Waals surface area contributed by atoms with E-state index in [9.17, 15) is 22.4 Å². The molecule has 0 saturated carbocycles. The molecule has 9 nitrogen and oxygen atoms in total. The van der Waals surface area contributed by atoms with Gasteiger partial charge in [-0.1, -0.05) is 59.1 Å². The number of benzene rings is 4. The number of amides is 2. The van der Waals surface area contributed by atoms with Crippen LogP contribution < -0.4 is 15.4 Å². The quantitative estimate of drug-likeness (QED) is 0.155.